The summed E-state index contributed by atoms with van der Waals surface area (Å²) in [5.74, 6) is 1.76. The number of hydrogen-bond acceptors (Lipinski definition) is 3. The summed E-state index contributed by atoms with van der Waals surface area (Å²) in [5.41, 5.74) is 0.522. The minimum absolute atomic E-state index is 0.281. The maximum Gasteiger partial charge on any atom is 0.146 e. The highest BCUT2D eigenvalue weighted by Gasteiger charge is 2.06. The average molecular weight is 272 g/mol. The van der Waals surface area contributed by atoms with Crippen LogP contribution in [-0.4, -0.2) is 7.11 Å². The van der Waals surface area contributed by atoms with Gasteiger partial charge in [-0.25, -0.2) is 4.39 Å². The van der Waals surface area contributed by atoms with Crippen molar-refractivity contribution >= 4 is 11.0 Å². The second kappa shape index (κ2) is 5.25. The lowest BCUT2D eigenvalue weighted by Crippen LogP contribution is -1.93. The van der Waals surface area contributed by atoms with Crippen molar-refractivity contribution in [1.29, 1.82) is 0 Å². The predicted octanol–water partition coefficient (Wildman–Crippen LogP) is 4.16. The summed E-state index contributed by atoms with van der Waals surface area (Å²) in [6.07, 6.45) is 0. The fourth-order valence-corrected chi connectivity index (χ4v) is 1.98. The molecule has 0 saturated carbocycles. The Labute approximate surface area is 115 Å². The number of methoxy groups -OCH3 is 1. The molecule has 0 aliphatic heterocycles. The van der Waals surface area contributed by atoms with Gasteiger partial charge < -0.3 is 13.9 Å². The van der Waals surface area contributed by atoms with E-state index >= 15 is 0 Å². The standard InChI is InChI=1S/C16H13FO3/c1-18-13-3-2-4-14(9-13)19-10-15-7-11-5-6-12(17)8-16(11)20-15/h2-9H,10H2,1H3. The Morgan fingerprint density at radius 1 is 1.05 bits per heavy atom. The number of fused-ring (bicyclic) bond motifs is 1. The Bertz CT molecular complexity index is 733. The predicted molar refractivity (Wildman–Crippen MR) is 73.5 cm³/mol. The molecule has 0 radical (unpaired) electrons. The molecule has 102 valence electrons. The molecular weight excluding hydrogens is 259 g/mol. The Morgan fingerprint density at radius 2 is 1.90 bits per heavy atom. The zero-order valence-corrected chi connectivity index (χ0v) is 10.9. The molecule has 4 heteroatoms. The van der Waals surface area contributed by atoms with Gasteiger partial charge in [-0.2, -0.15) is 0 Å². The minimum Gasteiger partial charge on any atom is -0.497 e. The lowest BCUT2D eigenvalue weighted by molar-refractivity contribution is 0.273. The molecule has 3 rings (SSSR count). The topological polar surface area (TPSA) is 31.6 Å². The van der Waals surface area contributed by atoms with Gasteiger partial charge >= 0.3 is 0 Å². The van der Waals surface area contributed by atoms with Crippen LogP contribution in [0.4, 0.5) is 4.39 Å². The Kier molecular flexibility index (Phi) is 3.29. The van der Waals surface area contributed by atoms with Crippen molar-refractivity contribution in [2.75, 3.05) is 7.11 Å². The third-order valence-electron chi connectivity index (χ3n) is 2.96. The first-order valence-electron chi connectivity index (χ1n) is 6.19. The van der Waals surface area contributed by atoms with Crippen molar-refractivity contribution in [1.82, 2.24) is 0 Å². The zero-order valence-electron chi connectivity index (χ0n) is 10.9. The van der Waals surface area contributed by atoms with E-state index in [1.54, 1.807) is 19.2 Å². The Morgan fingerprint density at radius 3 is 2.75 bits per heavy atom. The molecule has 0 spiro atoms. The van der Waals surface area contributed by atoms with Gasteiger partial charge in [-0.15, -0.1) is 0 Å². The normalized spacial score (nSPS) is 10.7. The van der Waals surface area contributed by atoms with Crippen molar-refractivity contribution in [3.63, 3.8) is 0 Å². The molecule has 0 saturated heterocycles. The van der Waals surface area contributed by atoms with Gasteiger partial charge in [0.05, 0.1) is 7.11 Å². The van der Waals surface area contributed by atoms with Crippen LogP contribution in [0.1, 0.15) is 5.76 Å². The van der Waals surface area contributed by atoms with Crippen LogP contribution < -0.4 is 9.47 Å². The third kappa shape index (κ3) is 2.59. The number of benzene rings is 2. The summed E-state index contributed by atoms with van der Waals surface area (Å²) < 4.78 is 29.4. The minimum atomic E-state index is -0.313. The van der Waals surface area contributed by atoms with Crippen molar-refractivity contribution in [2.24, 2.45) is 0 Å². The van der Waals surface area contributed by atoms with E-state index < -0.39 is 0 Å². The molecule has 0 unspecified atom stereocenters. The third-order valence-corrected chi connectivity index (χ3v) is 2.96. The Hall–Kier alpha value is -2.49. The number of halogens is 1. The monoisotopic (exact) mass is 272 g/mol. The summed E-state index contributed by atoms with van der Waals surface area (Å²) >= 11 is 0. The molecular formula is C16H13FO3. The second-order valence-electron chi connectivity index (χ2n) is 4.36. The van der Waals surface area contributed by atoms with E-state index in [0.29, 0.717) is 17.1 Å². The summed E-state index contributed by atoms with van der Waals surface area (Å²) in [4.78, 5) is 0. The molecule has 0 N–H and O–H groups in total. The van der Waals surface area contributed by atoms with Crippen LogP contribution in [0, 0.1) is 5.82 Å². The molecule has 0 aliphatic carbocycles. The van der Waals surface area contributed by atoms with Crippen LogP contribution in [0.15, 0.2) is 52.9 Å². The van der Waals surface area contributed by atoms with E-state index in [4.69, 9.17) is 13.9 Å². The second-order valence-corrected chi connectivity index (χ2v) is 4.36. The molecule has 3 nitrogen and oxygen atoms in total. The van der Waals surface area contributed by atoms with Crippen molar-refractivity contribution in [2.45, 2.75) is 6.61 Å². The molecule has 1 aromatic heterocycles. The maximum absolute atomic E-state index is 13.1. The van der Waals surface area contributed by atoms with Gasteiger partial charge in [0.1, 0.15) is 35.3 Å². The van der Waals surface area contributed by atoms with Gasteiger partial charge in [-0.05, 0) is 30.3 Å². The van der Waals surface area contributed by atoms with Gasteiger partial charge in [-0.3, -0.25) is 0 Å². The first-order valence-corrected chi connectivity index (χ1v) is 6.19. The highest BCUT2D eigenvalue weighted by Crippen LogP contribution is 2.23. The molecule has 1 heterocycles. The van der Waals surface area contributed by atoms with Crippen molar-refractivity contribution < 1.29 is 18.3 Å². The molecule has 3 aromatic rings. The van der Waals surface area contributed by atoms with Gasteiger partial charge in [0.15, 0.2) is 0 Å². The Balaban J connectivity index is 1.76. The molecule has 0 bridgehead atoms. The molecule has 0 amide bonds. The highest BCUT2D eigenvalue weighted by atomic mass is 19.1. The lowest BCUT2D eigenvalue weighted by atomic mass is 10.2. The number of hydrogen-bond donors (Lipinski definition) is 0. The summed E-state index contributed by atoms with van der Waals surface area (Å²) in [6.45, 7) is 0.281. The van der Waals surface area contributed by atoms with Gasteiger partial charge in [0.2, 0.25) is 0 Å². The highest BCUT2D eigenvalue weighted by molar-refractivity contribution is 5.77. The molecule has 2 aromatic carbocycles. The smallest absolute Gasteiger partial charge is 0.146 e. The first-order chi connectivity index (χ1) is 9.74. The van der Waals surface area contributed by atoms with E-state index in [1.807, 2.05) is 24.3 Å². The molecule has 0 fully saturated rings. The number of rotatable bonds is 4. The van der Waals surface area contributed by atoms with Crippen LogP contribution in [-0.2, 0) is 6.61 Å². The van der Waals surface area contributed by atoms with E-state index in [1.165, 1.54) is 12.1 Å². The molecule has 0 atom stereocenters. The fraction of sp³-hybridized carbons (Fsp3) is 0.125. The van der Waals surface area contributed by atoms with E-state index in [9.17, 15) is 4.39 Å². The van der Waals surface area contributed by atoms with E-state index in [2.05, 4.69) is 0 Å². The van der Waals surface area contributed by atoms with Crippen LogP contribution in [0.3, 0.4) is 0 Å². The van der Waals surface area contributed by atoms with Crippen LogP contribution in [0.5, 0.6) is 11.5 Å². The summed E-state index contributed by atoms with van der Waals surface area (Å²) in [5, 5.41) is 0.857. The number of furan rings is 1. The lowest BCUT2D eigenvalue weighted by Gasteiger charge is -2.05. The molecule has 20 heavy (non-hydrogen) atoms. The van der Waals surface area contributed by atoms with Gasteiger partial charge in [-0.1, -0.05) is 6.07 Å². The maximum atomic E-state index is 13.1. The van der Waals surface area contributed by atoms with Crippen molar-refractivity contribution in [3.8, 4) is 11.5 Å². The van der Waals surface area contributed by atoms with Crippen LogP contribution in [0.2, 0.25) is 0 Å². The number of ether oxygens (including phenoxy) is 2. The largest absolute Gasteiger partial charge is 0.497 e. The first kappa shape index (κ1) is 12.5. The SMILES string of the molecule is COc1cccc(OCc2cc3ccc(F)cc3o2)c1. The van der Waals surface area contributed by atoms with Gasteiger partial charge in [0.25, 0.3) is 0 Å². The van der Waals surface area contributed by atoms with E-state index in [0.717, 1.165) is 11.1 Å². The summed E-state index contributed by atoms with van der Waals surface area (Å²) in [7, 11) is 1.60. The van der Waals surface area contributed by atoms with Crippen LogP contribution in [0.25, 0.3) is 11.0 Å². The van der Waals surface area contributed by atoms with Crippen LogP contribution >= 0.6 is 0 Å². The molecule has 0 aliphatic rings. The van der Waals surface area contributed by atoms with Crippen molar-refractivity contribution in [3.05, 3.63) is 60.1 Å². The average Bonchev–Trinajstić information content (AvgIpc) is 2.87. The fourth-order valence-electron chi connectivity index (χ4n) is 1.98. The quantitative estimate of drug-likeness (QED) is 0.714. The van der Waals surface area contributed by atoms with Gasteiger partial charge in [0, 0.05) is 17.5 Å². The summed E-state index contributed by atoms with van der Waals surface area (Å²) in [6, 6.07) is 13.6. The van der Waals surface area contributed by atoms with E-state index in [-0.39, 0.29) is 12.4 Å². The zero-order chi connectivity index (χ0) is 13.9.